The molecular weight excluding hydrogens is 288 g/mol. The summed E-state index contributed by atoms with van der Waals surface area (Å²) >= 11 is 1.68. The molecule has 112 valence electrons. The Morgan fingerprint density at radius 2 is 2.33 bits per heavy atom. The highest BCUT2D eigenvalue weighted by atomic mass is 32.1. The predicted octanol–water partition coefficient (Wildman–Crippen LogP) is 2.01. The molecule has 0 saturated carbocycles. The quantitative estimate of drug-likeness (QED) is 0.850. The Labute approximate surface area is 127 Å². The number of rotatable bonds is 2. The first-order valence-corrected chi connectivity index (χ1v) is 8.41. The molecule has 1 spiro atoms. The smallest absolute Gasteiger partial charge is 0.325 e. The number of nitrogens with one attached hydrogen (secondary N) is 1. The van der Waals surface area contributed by atoms with Crippen LogP contribution in [0.3, 0.4) is 0 Å². The second kappa shape index (κ2) is 4.81. The predicted molar refractivity (Wildman–Crippen MR) is 78.2 cm³/mol. The van der Waals surface area contributed by atoms with Gasteiger partial charge in [-0.1, -0.05) is 0 Å². The molecule has 1 N–H and O–H groups in total. The molecule has 2 atom stereocenters. The van der Waals surface area contributed by atoms with E-state index in [0.29, 0.717) is 13.0 Å². The first kappa shape index (κ1) is 13.3. The van der Waals surface area contributed by atoms with E-state index in [1.165, 1.54) is 9.78 Å². The third kappa shape index (κ3) is 1.92. The normalized spacial score (nSPS) is 31.8. The lowest BCUT2D eigenvalue weighted by Crippen LogP contribution is -2.46. The van der Waals surface area contributed by atoms with Gasteiger partial charge < -0.3 is 10.1 Å². The molecule has 3 heterocycles. The Balaban J connectivity index is 1.64. The van der Waals surface area contributed by atoms with Crippen LogP contribution >= 0.6 is 11.3 Å². The van der Waals surface area contributed by atoms with Crippen LogP contribution in [0, 0.1) is 0 Å². The van der Waals surface area contributed by atoms with Crippen LogP contribution in [0.15, 0.2) is 11.4 Å². The van der Waals surface area contributed by atoms with E-state index in [0.717, 1.165) is 37.9 Å². The lowest BCUT2D eigenvalue weighted by Gasteiger charge is -2.31. The van der Waals surface area contributed by atoms with Gasteiger partial charge in [0, 0.05) is 17.0 Å². The Bertz CT molecular complexity index is 593. The lowest BCUT2D eigenvalue weighted by atomic mass is 9.80. The summed E-state index contributed by atoms with van der Waals surface area (Å²) in [4.78, 5) is 27.8. The number of carbonyl (C=O) groups excluding carboxylic acids is 2. The number of carbonyl (C=O) groups is 2. The second-order valence-electron chi connectivity index (χ2n) is 6.00. The standard InChI is InChI=1S/C15H18N2O3S/c18-13-15(6-1-4-12-11(15)5-8-21-12)16-14(19)17(13)9-10-3-2-7-20-10/h5,8,10H,1-4,6-7,9H2,(H,16,19)/t10-,15-/m1/s1. The SMILES string of the molecule is O=C1N[C@@]2(CCCc3sccc32)C(=O)N1C[C@H]1CCCO1. The Hall–Kier alpha value is -1.40. The molecule has 3 aliphatic rings. The van der Waals surface area contributed by atoms with Crippen molar-refractivity contribution in [3.63, 3.8) is 0 Å². The molecule has 1 aliphatic carbocycles. The maximum absolute atomic E-state index is 12.9. The van der Waals surface area contributed by atoms with Gasteiger partial charge in [-0.25, -0.2) is 4.79 Å². The molecule has 21 heavy (non-hydrogen) atoms. The number of thiophene rings is 1. The number of hydrogen-bond acceptors (Lipinski definition) is 4. The number of fused-ring (bicyclic) bond motifs is 2. The lowest BCUT2D eigenvalue weighted by molar-refractivity contribution is -0.133. The van der Waals surface area contributed by atoms with Gasteiger partial charge in [0.1, 0.15) is 5.54 Å². The first-order valence-electron chi connectivity index (χ1n) is 7.53. The first-order chi connectivity index (χ1) is 10.2. The molecule has 4 rings (SSSR count). The summed E-state index contributed by atoms with van der Waals surface area (Å²) in [6.45, 7) is 1.11. The maximum atomic E-state index is 12.9. The summed E-state index contributed by atoms with van der Waals surface area (Å²) < 4.78 is 5.57. The molecule has 0 aromatic carbocycles. The average molecular weight is 306 g/mol. The van der Waals surface area contributed by atoms with Crippen molar-refractivity contribution >= 4 is 23.3 Å². The minimum atomic E-state index is -0.816. The molecule has 3 amide bonds. The minimum absolute atomic E-state index is 0.000357. The van der Waals surface area contributed by atoms with E-state index in [-0.39, 0.29) is 18.0 Å². The summed E-state index contributed by atoms with van der Waals surface area (Å²) in [5.74, 6) is -0.0950. The largest absolute Gasteiger partial charge is 0.376 e. The van der Waals surface area contributed by atoms with Gasteiger partial charge in [-0.15, -0.1) is 11.3 Å². The van der Waals surface area contributed by atoms with Gasteiger partial charge in [-0.3, -0.25) is 9.69 Å². The fourth-order valence-corrected chi connectivity index (χ4v) is 4.70. The van der Waals surface area contributed by atoms with E-state index in [1.807, 2.05) is 11.4 Å². The molecule has 0 radical (unpaired) electrons. The summed E-state index contributed by atoms with van der Waals surface area (Å²) in [5, 5.41) is 4.99. The van der Waals surface area contributed by atoms with Gasteiger partial charge in [0.15, 0.2) is 0 Å². The zero-order valence-corrected chi connectivity index (χ0v) is 12.6. The van der Waals surface area contributed by atoms with Crippen LogP contribution in [0.4, 0.5) is 4.79 Å². The van der Waals surface area contributed by atoms with E-state index in [2.05, 4.69) is 5.32 Å². The molecule has 2 saturated heterocycles. The highest BCUT2D eigenvalue weighted by Gasteiger charge is 2.54. The van der Waals surface area contributed by atoms with Crippen molar-refractivity contribution in [2.45, 2.75) is 43.7 Å². The van der Waals surface area contributed by atoms with Crippen molar-refractivity contribution in [3.8, 4) is 0 Å². The van der Waals surface area contributed by atoms with Crippen molar-refractivity contribution in [2.75, 3.05) is 13.2 Å². The molecular formula is C15H18N2O3S. The van der Waals surface area contributed by atoms with E-state index in [9.17, 15) is 9.59 Å². The topological polar surface area (TPSA) is 58.6 Å². The van der Waals surface area contributed by atoms with Gasteiger partial charge in [0.2, 0.25) is 0 Å². The number of nitrogens with zero attached hydrogens (tertiary/aromatic N) is 1. The summed E-state index contributed by atoms with van der Waals surface area (Å²) in [7, 11) is 0. The van der Waals surface area contributed by atoms with Gasteiger partial charge in [-0.2, -0.15) is 0 Å². The molecule has 2 fully saturated rings. The van der Waals surface area contributed by atoms with Gasteiger partial charge in [0.05, 0.1) is 12.6 Å². The van der Waals surface area contributed by atoms with Crippen molar-refractivity contribution in [2.24, 2.45) is 0 Å². The van der Waals surface area contributed by atoms with E-state index in [1.54, 1.807) is 11.3 Å². The van der Waals surface area contributed by atoms with E-state index >= 15 is 0 Å². The summed E-state index contributed by atoms with van der Waals surface area (Å²) in [6, 6.07) is 1.72. The van der Waals surface area contributed by atoms with E-state index < -0.39 is 5.54 Å². The van der Waals surface area contributed by atoms with Gasteiger partial charge >= 0.3 is 6.03 Å². The number of imide groups is 1. The van der Waals surface area contributed by atoms with Crippen LogP contribution in [-0.4, -0.2) is 36.1 Å². The van der Waals surface area contributed by atoms with Crippen LogP contribution in [-0.2, 0) is 21.5 Å². The van der Waals surface area contributed by atoms with Crippen LogP contribution in [0.1, 0.15) is 36.1 Å². The summed E-state index contributed by atoms with van der Waals surface area (Å²) in [5.41, 5.74) is 0.190. The van der Waals surface area contributed by atoms with Crippen molar-refractivity contribution in [3.05, 3.63) is 21.9 Å². The number of ether oxygens (including phenoxy) is 1. The molecule has 2 aliphatic heterocycles. The number of aryl methyl sites for hydroxylation is 1. The Morgan fingerprint density at radius 3 is 3.14 bits per heavy atom. The van der Waals surface area contributed by atoms with Crippen LogP contribution in [0.5, 0.6) is 0 Å². The third-order valence-corrected chi connectivity index (χ3v) is 5.73. The molecule has 0 unspecified atom stereocenters. The third-order valence-electron chi connectivity index (χ3n) is 4.75. The molecule has 6 heteroatoms. The maximum Gasteiger partial charge on any atom is 0.325 e. The van der Waals surface area contributed by atoms with Gasteiger partial charge in [0.25, 0.3) is 5.91 Å². The van der Waals surface area contributed by atoms with Crippen molar-refractivity contribution in [1.29, 1.82) is 0 Å². The fourth-order valence-electron chi connectivity index (χ4n) is 3.70. The zero-order valence-electron chi connectivity index (χ0n) is 11.8. The second-order valence-corrected chi connectivity index (χ2v) is 7.00. The average Bonchev–Trinajstić information content (AvgIpc) is 3.18. The number of urea groups is 1. The summed E-state index contributed by atoms with van der Waals surface area (Å²) in [6.07, 6.45) is 4.57. The van der Waals surface area contributed by atoms with Gasteiger partial charge in [-0.05, 0) is 43.6 Å². The highest BCUT2D eigenvalue weighted by Crippen LogP contribution is 2.42. The molecule has 1 aromatic rings. The van der Waals surface area contributed by atoms with Crippen LogP contribution in [0.25, 0.3) is 0 Å². The number of hydrogen-bond donors (Lipinski definition) is 1. The van der Waals surface area contributed by atoms with Crippen molar-refractivity contribution < 1.29 is 14.3 Å². The molecule has 0 bridgehead atoms. The van der Waals surface area contributed by atoms with Crippen LogP contribution in [0.2, 0.25) is 0 Å². The zero-order chi connectivity index (χ0) is 14.4. The Kier molecular flexibility index (Phi) is 3.04. The minimum Gasteiger partial charge on any atom is -0.376 e. The monoisotopic (exact) mass is 306 g/mol. The fraction of sp³-hybridized carbons (Fsp3) is 0.600. The highest BCUT2D eigenvalue weighted by molar-refractivity contribution is 7.10. The molecule has 1 aromatic heterocycles. The van der Waals surface area contributed by atoms with E-state index in [4.69, 9.17) is 4.74 Å². The Morgan fingerprint density at radius 1 is 1.43 bits per heavy atom. The number of amides is 3. The van der Waals surface area contributed by atoms with Crippen molar-refractivity contribution in [1.82, 2.24) is 10.2 Å². The van der Waals surface area contributed by atoms with Crippen LogP contribution < -0.4 is 5.32 Å². The molecule has 5 nitrogen and oxygen atoms in total.